The third-order valence-electron chi connectivity index (χ3n) is 2.73. The number of aromatic nitrogens is 3. The molecular formula is C13H10N4O2. The molecular weight excluding hydrogens is 244 g/mol. The topological polar surface area (TPSA) is 90.9 Å². The van der Waals surface area contributed by atoms with Crippen LogP contribution in [0.1, 0.15) is 10.4 Å². The first kappa shape index (κ1) is 11.2. The number of rotatable bonds is 3. The van der Waals surface area contributed by atoms with E-state index in [9.17, 15) is 4.79 Å². The van der Waals surface area contributed by atoms with Gasteiger partial charge in [-0.3, -0.25) is 0 Å². The number of fused-ring (bicyclic) bond motifs is 1. The number of nitrogens with one attached hydrogen (secondary N) is 2. The van der Waals surface area contributed by atoms with Crippen LogP contribution in [0.15, 0.2) is 42.9 Å². The standard InChI is InChI=1S/C13H10N4O2/c18-13(19)8-2-1-3-9(6-8)17-12-10-4-5-14-11(10)15-7-16-12/h1-7H,(H,18,19)(H2,14,15,16,17). The zero-order chi connectivity index (χ0) is 13.2. The minimum Gasteiger partial charge on any atom is -0.478 e. The summed E-state index contributed by atoms with van der Waals surface area (Å²) in [6, 6.07) is 8.43. The summed E-state index contributed by atoms with van der Waals surface area (Å²) in [5.41, 5.74) is 1.62. The fourth-order valence-corrected chi connectivity index (χ4v) is 1.84. The van der Waals surface area contributed by atoms with Crippen molar-refractivity contribution in [2.45, 2.75) is 0 Å². The van der Waals surface area contributed by atoms with Crippen molar-refractivity contribution in [2.24, 2.45) is 0 Å². The van der Waals surface area contributed by atoms with Crippen LogP contribution in [0.3, 0.4) is 0 Å². The van der Waals surface area contributed by atoms with E-state index in [1.165, 1.54) is 6.33 Å². The van der Waals surface area contributed by atoms with Gasteiger partial charge in [0.15, 0.2) is 0 Å². The Bertz CT molecular complexity index is 751. The molecule has 0 unspecified atom stereocenters. The van der Waals surface area contributed by atoms with E-state index in [0.717, 1.165) is 11.0 Å². The number of aromatic amines is 1. The Kier molecular flexibility index (Phi) is 2.60. The summed E-state index contributed by atoms with van der Waals surface area (Å²) in [7, 11) is 0. The maximum atomic E-state index is 10.9. The highest BCUT2D eigenvalue weighted by atomic mass is 16.4. The van der Waals surface area contributed by atoms with Gasteiger partial charge >= 0.3 is 5.97 Å². The van der Waals surface area contributed by atoms with Crippen LogP contribution in [0.4, 0.5) is 11.5 Å². The molecule has 2 heterocycles. The fourth-order valence-electron chi connectivity index (χ4n) is 1.84. The summed E-state index contributed by atoms with van der Waals surface area (Å²) in [5, 5.41) is 12.9. The second-order valence-electron chi connectivity index (χ2n) is 3.97. The zero-order valence-corrected chi connectivity index (χ0v) is 9.79. The third-order valence-corrected chi connectivity index (χ3v) is 2.73. The molecule has 6 heteroatoms. The van der Waals surface area contributed by atoms with Gasteiger partial charge in [-0.05, 0) is 24.3 Å². The molecule has 0 aliphatic heterocycles. The molecule has 2 aromatic heterocycles. The van der Waals surface area contributed by atoms with E-state index in [1.807, 2.05) is 6.07 Å². The zero-order valence-electron chi connectivity index (χ0n) is 9.79. The first-order valence-corrected chi connectivity index (χ1v) is 5.62. The predicted molar refractivity (Wildman–Crippen MR) is 70.6 cm³/mol. The summed E-state index contributed by atoms with van der Waals surface area (Å²) < 4.78 is 0. The van der Waals surface area contributed by atoms with E-state index >= 15 is 0 Å². The Morgan fingerprint density at radius 3 is 3.00 bits per heavy atom. The number of H-pyrrole nitrogens is 1. The Hall–Kier alpha value is -2.89. The fraction of sp³-hybridized carbons (Fsp3) is 0. The molecule has 0 aliphatic carbocycles. The Morgan fingerprint density at radius 2 is 2.16 bits per heavy atom. The molecule has 0 saturated heterocycles. The van der Waals surface area contributed by atoms with E-state index < -0.39 is 5.97 Å². The minimum atomic E-state index is -0.960. The number of carboxylic acids is 1. The lowest BCUT2D eigenvalue weighted by atomic mass is 10.2. The Labute approximate surface area is 108 Å². The van der Waals surface area contributed by atoms with Crippen molar-refractivity contribution < 1.29 is 9.90 Å². The molecule has 1 aromatic carbocycles. The van der Waals surface area contributed by atoms with Gasteiger partial charge in [-0.2, -0.15) is 0 Å². The van der Waals surface area contributed by atoms with Gasteiger partial charge in [0.1, 0.15) is 17.8 Å². The molecule has 19 heavy (non-hydrogen) atoms. The largest absolute Gasteiger partial charge is 0.478 e. The molecule has 0 fully saturated rings. The molecule has 0 aliphatic rings. The smallest absolute Gasteiger partial charge is 0.335 e. The molecule has 0 saturated carbocycles. The number of hydrogen-bond acceptors (Lipinski definition) is 4. The lowest BCUT2D eigenvalue weighted by molar-refractivity contribution is 0.0697. The van der Waals surface area contributed by atoms with Crippen molar-refractivity contribution in [3.8, 4) is 0 Å². The van der Waals surface area contributed by atoms with Gasteiger partial charge in [0.25, 0.3) is 0 Å². The third kappa shape index (κ3) is 2.11. The Balaban J connectivity index is 1.99. The molecule has 94 valence electrons. The van der Waals surface area contributed by atoms with Gasteiger partial charge in [0.05, 0.1) is 10.9 Å². The average molecular weight is 254 g/mol. The van der Waals surface area contributed by atoms with Crippen LogP contribution in [0.25, 0.3) is 11.0 Å². The van der Waals surface area contributed by atoms with Crippen LogP contribution < -0.4 is 5.32 Å². The van der Waals surface area contributed by atoms with Crippen LogP contribution >= 0.6 is 0 Å². The van der Waals surface area contributed by atoms with Crippen LogP contribution in [0.5, 0.6) is 0 Å². The van der Waals surface area contributed by atoms with Crippen molar-refractivity contribution in [1.29, 1.82) is 0 Å². The van der Waals surface area contributed by atoms with E-state index in [2.05, 4.69) is 20.3 Å². The number of aromatic carboxylic acids is 1. The second kappa shape index (κ2) is 4.41. The van der Waals surface area contributed by atoms with Crippen LogP contribution in [0, 0.1) is 0 Å². The van der Waals surface area contributed by atoms with E-state index in [-0.39, 0.29) is 5.56 Å². The van der Waals surface area contributed by atoms with Crippen molar-refractivity contribution in [1.82, 2.24) is 15.0 Å². The molecule has 6 nitrogen and oxygen atoms in total. The SMILES string of the molecule is O=C(O)c1cccc(Nc2ncnc3[nH]ccc23)c1. The lowest BCUT2D eigenvalue weighted by Crippen LogP contribution is -1.99. The van der Waals surface area contributed by atoms with Crippen molar-refractivity contribution >= 4 is 28.5 Å². The predicted octanol–water partition coefficient (Wildman–Crippen LogP) is 2.40. The van der Waals surface area contributed by atoms with Crippen LogP contribution in [0.2, 0.25) is 0 Å². The van der Waals surface area contributed by atoms with Crippen molar-refractivity contribution in [2.75, 3.05) is 5.32 Å². The minimum absolute atomic E-state index is 0.226. The lowest BCUT2D eigenvalue weighted by Gasteiger charge is -2.06. The molecule has 0 amide bonds. The summed E-state index contributed by atoms with van der Waals surface area (Å²) in [6.45, 7) is 0. The number of carbonyl (C=O) groups is 1. The quantitative estimate of drug-likeness (QED) is 0.667. The first-order chi connectivity index (χ1) is 9.24. The number of hydrogen-bond donors (Lipinski definition) is 3. The maximum absolute atomic E-state index is 10.9. The summed E-state index contributed by atoms with van der Waals surface area (Å²) in [5.74, 6) is -0.327. The molecule has 3 N–H and O–H groups in total. The van der Waals surface area contributed by atoms with Gasteiger partial charge < -0.3 is 15.4 Å². The van der Waals surface area contributed by atoms with Crippen LogP contribution in [-0.2, 0) is 0 Å². The molecule has 0 atom stereocenters. The monoisotopic (exact) mass is 254 g/mol. The number of carboxylic acid groups (broad SMARTS) is 1. The Morgan fingerprint density at radius 1 is 1.26 bits per heavy atom. The molecule has 3 rings (SSSR count). The van der Waals surface area contributed by atoms with E-state index in [1.54, 1.807) is 30.5 Å². The van der Waals surface area contributed by atoms with Gasteiger partial charge in [0.2, 0.25) is 0 Å². The van der Waals surface area contributed by atoms with Gasteiger partial charge in [-0.1, -0.05) is 6.07 Å². The number of nitrogens with zero attached hydrogens (tertiary/aromatic N) is 2. The maximum Gasteiger partial charge on any atom is 0.335 e. The molecule has 0 bridgehead atoms. The molecule has 0 radical (unpaired) electrons. The van der Waals surface area contributed by atoms with Gasteiger partial charge in [-0.25, -0.2) is 14.8 Å². The highest BCUT2D eigenvalue weighted by Gasteiger charge is 2.07. The first-order valence-electron chi connectivity index (χ1n) is 5.62. The van der Waals surface area contributed by atoms with E-state index in [4.69, 9.17) is 5.11 Å². The highest BCUT2D eigenvalue weighted by molar-refractivity contribution is 5.91. The summed E-state index contributed by atoms with van der Waals surface area (Å²) in [6.07, 6.45) is 3.22. The second-order valence-corrected chi connectivity index (χ2v) is 3.97. The average Bonchev–Trinajstić information content (AvgIpc) is 2.88. The summed E-state index contributed by atoms with van der Waals surface area (Å²) in [4.78, 5) is 22.2. The van der Waals surface area contributed by atoms with Gasteiger partial charge in [-0.15, -0.1) is 0 Å². The number of anilines is 2. The molecule has 3 aromatic rings. The summed E-state index contributed by atoms with van der Waals surface area (Å²) >= 11 is 0. The van der Waals surface area contributed by atoms with E-state index in [0.29, 0.717) is 11.5 Å². The molecule has 0 spiro atoms. The highest BCUT2D eigenvalue weighted by Crippen LogP contribution is 2.22. The van der Waals surface area contributed by atoms with Crippen LogP contribution in [-0.4, -0.2) is 26.0 Å². The van der Waals surface area contributed by atoms with Crippen molar-refractivity contribution in [3.63, 3.8) is 0 Å². The van der Waals surface area contributed by atoms with Crippen molar-refractivity contribution in [3.05, 3.63) is 48.4 Å². The normalized spacial score (nSPS) is 10.5. The number of benzene rings is 1. The van der Waals surface area contributed by atoms with Gasteiger partial charge in [0, 0.05) is 11.9 Å².